The van der Waals surface area contributed by atoms with Crippen LogP contribution in [0.2, 0.25) is 0 Å². The molecule has 0 spiro atoms. The van der Waals surface area contributed by atoms with Crippen molar-refractivity contribution >= 4 is 11.8 Å². The van der Waals surface area contributed by atoms with Crippen LogP contribution in [-0.2, 0) is 22.6 Å². The van der Waals surface area contributed by atoms with Gasteiger partial charge in [-0.1, -0.05) is 6.07 Å². The average molecular weight is 390 g/mol. The third kappa shape index (κ3) is 3.76. The van der Waals surface area contributed by atoms with E-state index in [4.69, 9.17) is 0 Å². The molecular formula is C20H24F2N4O2. The fraction of sp³-hybridized carbons (Fsp3) is 0.450. The maximum Gasteiger partial charge on any atom is 0.226 e. The van der Waals surface area contributed by atoms with Crippen molar-refractivity contribution in [3.8, 4) is 0 Å². The Labute approximate surface area is 162 Å². The predicted octanol–water partition coefficient (Wildman–Crippen LogP) is 2.45. The van der Waals surface area contributed by atoms with Gasteiger partial charge in [0.05, 0.1) is 5.92 Å². The van der Waals surface area contributed by atoms with Crippen molar-refractivity contribution < 1.29 is 18.4 Å². The highest BCUT2D eigenvalue weighted by molar-refractivity contribution is 5.90. The largest absolute Gasteiger partial charge is 0.355 e. The fourth-order valence-corrected chi connectivity index (χ4v) is 3.79. The minimum atomic E-state index is -0.634. The second-order valence-electron chi connectivity index (χ2n) is 6.75. The van der Waals surface area contributed by atoms with Crippen molar-refractivity contribution in [1.82, 2.24) is 19.8 Å². The Balaban J connectivity index is 1.73. The molecule has 2 atom stereocenters. The first kappa shape index (κ1) is 20.0. The van der Waals surface area contributed by atoms with Crippen molar-refractivity contribution in [1.29, 1.82) is 0 Å². The van der Waals surface area contributed by atoms with Gasteiger partial charge < -0.3 is 14.8 Å². The highest BCUT2D eigenvalue weighted by Crippen LogP contribution is 2.37. The zero-order valence-electron chi connectivity index (χ0n) is 16.0. The lowest BCUT2D eigenvalue weighted by molar-refractivity contribution is -0.129. The molecule has 0 aliphatic carbocycles. The van der Waals surface area contributed by atoms with Crippen LogP contribution in [0.1, 0.15) is 37.7 Å². The number of amides is 2. The summed E-state index contributed by atoms with van der Waals surface area (Å²) in [5.41, 5.74) is -0.0569. The molecule has 1 fully saturated rings. The summed E-state index contributed by atoms with van der Waals surface area (Å²) in [6.45, 7) is 5.08. The summed E-state index contributed by atoms with van der Waals surface area (Å²) in [4.78, 5) is 31.3. The summed E-state index contributed by atoms with van der Waals surface area (Å²) < 4.78 is 29.4. The van der Waals surface area contributed by atoms with Crippen molar-refractivity contribution in [3.05, 3.63) is 53.6 Å². The van der Waals surface area contributed by atoms with Crippen LogP contribution in [0.3, 0.4) is 0 Å². The number of nitrogens with zero attached hydrogens (tertiary/aromatic N) is 3. The zero-order chi connectivity index (χ0) is 20.3. The van der Waals surface area contributed by atoms with Crippen LogP contribution >= 0.6 is 0 Å². The quantitative estimate of drug-likeness (QED) is 0.790. The Kier molecular flexibility index (Phi) is 6.06. The lowest BCUT2D eigenvalue weighted by atomic mass is 9.98. The van der Waals surface area contributed by atoms with E-state index in [9.17, 15) is 18.4 Å². The highest BCUT2D eigenvalue weighted by Gasteiger charge is 2.45. The topological polar surface area (TPSA) is 67.2 Å². The molecule has 1 N–H and O–H groups in total. The summed E-state index contributed by atoms with van der Waals surface area (Å²) in [6, 6.07) is 3.24. The van der Waals surface area contributed by atoms with Crippen LogP contribution in [0.15, 0.2) is 30.6 Å². The molecule has 1 aliphatic rings. The number of halogens is 2. The zero-order valence-corrected chi connectivity index (χ0v) is 16.0. The molecule has 150 valence electrons. The second-order valence-corrected chi connectivity index (χ2v) is 6.75. The van der Waals surface area contributed by atoms with Crippen LogP contribution in [0, 0.1) is 17.6 Å². The van der Waals surface area contributed by atoms with Gasteiger partial charge in [-0.25, -0.2) is 13.8 Å². The molecule has 0 bridgehead atoms. The SMILES string of the molecule is CCN1C(=O)C[C@H](C(=O)NCCc2c(F)cccc2F)[C@H]1c1nccn1CC. The molecule has 2 amide bonds. The maximum absolute atomic E-state index is 13.7. The van der Waals surface area contributed by atoms with Gasteiger partial charge >= 0.3 is 0 Å². The molecule has 8 heteroatoms. The maximum atomic E-state index is 13.7. The van der Waals surface area contributed by atoms with Crippen molar-refractivity contribution in [2.45, 2.75) is 39.3 Å². The first-order valence-electron chi connectivity index (χ1n) is 9.49. The van der Waals surface area contributed by atoms with E-state index in [2.05, 4.69) is 10.3 Å². The number of nitrogens with one attached hydrogen (secondary N) is 1. The third-order valence-electron chi connectivity index (χ3n) is 5.20. The van der Waals surface area contributed by atoms with Crippen LogP contribution in [0.4, 0.5) is 8.78 Å². The van der Waals surface area contributed by atoms with E-state index in [1.807, 2.05) is 24.6 Å². The number of carbonyl (C=O) groups excluding carboxylic acids is 2. The number of aromatic nitrogens is 2. The number of imidazole rings is 1. The average Bonchev–Trinajstić information content (AvgIpc) is 3.27. The Morgan fingerprint density at radius 1 is 1.25 bits per heavy atom. The number of hydrogen-bond acceptors (Lipinski definition) is 3. The lowest BCUT2D eigenvalue weighted by Crippen LogP contribution is -2.37. The van der Waals surface area contributed by atoms with Crippen LogP contribution in [-0.4, -0.2) is 39.4 Å². The Morgan fingerprint density at radius 3 is 2.61 bits per heavy atom. The second kappa shape index (κ2) is 8.50. The third-order valence-corrected chi connectivity index (χ3v) is 5.20. The highest BCUT2D eigenvalue weighted by atomic mass is 19.1. The van der Waals surface area contributed by atoms with E-state index in [1.165, 1.54) is 18.2 Å². The number of benzene rings is 1. The van der Waals surface area contributed by atoms with Gasteiger partial charge in [0.15, 0.2) is 0 Å². The summed E-state index contributed by atoms with van der Waals surface area (Å²) in [5, 5.41) is 2.73. The predicted molar refractivity (Wildman–Crippen MR) is 99.2 cm³/mol. The molecular weight excluding hydrogens is 366 g/mol. The van der Waals surface area contributed by atoms with Gasteiger partial charge in [-0.2, -0.15) is 0 Å². The van der Waals surface area contributed by atoms with Gasteiger partial charge in [-0.3, -0.25) is 9.59 Å². The monoisotopic (exact) mass is 390 g/mol. The van der Waals surface area contributed by atoms with Gasteiger partial charge in [-0.15, -0.1) is 0 Å². The normalized spacial score (nSPS) is 19.3. The summed E-state index contributed by atoms with van der Waals surface area (Å²) in [5.74, 6) is -1.59. The molecule has 1 aliphatic heterocycles. The molecule has 2 heterocycles. The number of hydrogen-bond donors (Lipinski definition) is 1. The Bertz CT molecular complexity index is 847. The van der Waals surface area contributed by atoms with Crippen molar-refractivity contribution in [2.75, 3.05) is 13.1 Å². The molecule has 3 rings (SSSR count). The lowest BCUT2D eigenvalue weighted by Gasteiger charge is -2.26. The number of rotatable bonds is 7. The molecule has 0 saturated carbocycles. The molecule has 0 unspecified atom stereocenters. The van der Waals surface area contributed by atoms with Gasteiger partial charge in [0.2, 0.25) is 11.8 Å². The van der Waals surface area contributed by atoms with Crippen molar-refractivity contribution in [3.63, 3.8) is 0 Å². The van der Waals surface area contributed by atoms with Crippen LogP contribution < -0.4 is 5.32 Å². The minimum Gasteiger partial charge on any atom is -0.355 e. The molecule has 28 heavy (non-hydrogen) atoms. The molecule has 2 aromatic rings. The molecule has 0 radical (unpaired) electrons. The first-order chi connectivity index (χ1) is 13.5. The smallest absolute Gasteiger partial charge is 0.226 e. The summed E-state index contributed by atoms with van der Waals surface area (Å²) >= 11 is 0. The molecule has 6 nitrogen and oxygen atoms in total. The van der Waals surface area contributed by atoms with Crippen LogP contribution in [0.25, 0.3) is 0 Å². The standard InChI is InChI=1S/C20H24F2N4O2/c1-3-25-11-10-23-19(25)18-14(12-17(27)26(18)4-2)20(28)24-9-8-13-15(21)6-5-7-16(13)22/h5-7,10-11,14,18H,3-4,8-9,12H2,1-2H3,(H,24,28)/t14-,18-/m0/s1. The summed E-state index contributed by atoms with van der Waals surface area (Å²) in [6.07, 6.45) is 3.61. The fourth-order valence-electron chi connectivity index (χ4n) is 3.79. The van der Waals surface area contributed by atoms with Gasteiger partial charge in [-0.05, 0) is 32.4 Å². The van der Waals surface area contributed by atoms with Crippen LogP contribution in [0.5, 0.6) is 0 Å². The number of aryl methyl sites for hydroxylation is 1. The van der Waals surface area contributed by atoms with E-state index in [-0.39, 0.29) is 36.8 Å². The Morgan fingerprint density at radius 2 is 1.96 bits per heavy atom. The molecule has 1 aromatic heterocycles. The van der Waals surface area contributed by atoms with Gasteiger partial charge in [0.1, 0.15) is 23.5 Å². The van der Waals surface area contributed by atoms with E-state index in [1.54, 1.807) is 11.1 Å². The number of carbonyl (C=O) groups is 2. The number of likely N-dealkylation sites (tertiary alicyclic amines) is 1. The summed E-state index contributed by atoms with van der Waals surface area (Å²) in [7, 11) is 0. The first-order valence-corrected chi connectivity index (χ1v) is 9.49. The van der Waals surface area contributed by atoms with E-state index in [0.29, 0.717) is 18.9 Å². The van der Waals surface area contributed by atoms with E-state index in [0.717, 1.165) is 0 Å². The molecule has 1 aromatic carbocycles. The minimum absolute atomic E-state index is 0.0384. The van der Waals surface area contributed by atoms with E-state index >= 15 is 0 Å². The molecule has 1 saturated heterocycles. The van der Waals surface area contributed by atoms with Gasteiger partial charge in [0, 0.05) is 44.0 Å². The van der Waals surface area contributed by atoms with E-state index < -0.39 is 23.6 Å². The van der Waals surface area contributed by atoms with Gasteiger partial charge in [0.25, 0.3) is 0 Å². The van der Waals surface area contributed by atoms with Crippen molar-refractivity contribution in [2.24, 2.45) is 5.92 Å². The Hall–Kier alpha value is -2.77.